The Kier molecular flexibility index (Phi) is 6.21. The molecule has 0 aliphatic rings. The van der Waals surface area contributed by atoms with E-state index in [2.05, 4.69) is 15.3 Å². The zero-order chi connectivity index (χ0) is 19.2. The number of nitrogens with one attached hydrogen (secondary N) is 1. The summed E-state index contributed by atoms with van der Waals surface area (Å²) < 4.78 is 20.9. The first kappa shape index (κ1) is 19.1. The van der Waals surface area contributed by atoms with Crippen molar-refractivity contribution >= 4 is 17.5 Å². The fraction of sp³-hybridized carbons (Fsp3) is 0.200. The van der Waals surface area contributed by atoms with Gasteiger partial charge in [-0.1, -0.05) is 42.8 Å². The number of rotatable bonds is 7. The van der Waals surface area contributed by atoms with Gasteiger partial charge in [-0.3, -0.25) is 0 Å². The summed E-state index contributed by atoms with van der Waals surface area (Å²) in [5.74, 6) is 0.387. The second-order valence-corrected chi connectivity index (χ2v) is 6.28. The van der Waals surface area contributed by atoms with Crippen molar-refractivity contribution < 1.29 is 9.13 Å². The molecule has 3 N–H and O–H groups in total. The van der Waals surface area contributed by atoms with E-state index in [0.29, 0.717) is 35.9 Å². The van der Waals surface area contributed by atoms with Gasteiger partial charge in [0, 0.05) is 18.3 Å². The van der Waals surface area contributed by atoms with Crippen LogP contribution in [0, 0.1) is 5.82 Å². The normalized spacial score (nSPS) is 11.9. The zero-order valence-corrected chi connectivity index (χ0v) is 15.6. The van der Waals surface area contributed by atoms with Crippen LogP contribution in [0.1, 0.15) is 30.6 Å². The van der Waals surface area contributed by atoms with Gasteiger partial charge in [-0.15, -0.1) is 0 Å². The quantitative estimate of drug-likeness (QED) is 0.592. The fourth-order valence-corrected chi connectivity index (χ4v) is 2.84. The lowest BCUT2D eigenvalue weighted by Gasteiger charge is -2.20. The van der Waals surface area contributed by atoms with Gasteiger partial charge in [0.15, 0.2) is 11.6 Å². The number of ether oxygens (including phenoxy) is 1. The third-order valence-corrected chi connectivity index (χ3v) is 4.35. The van der Waals surface area contributed by atoms with E-state index in [9.17, 15) is 0 Å². The highest BCUT2D eigenvalue weighted by molar-refractivity contribution is 6.32. The molecule has 3 rings (SSSR count). The van der Waals surface area contributed by atoms with Gasteiger partial charge in [-0.25, -0.2) is 14.4 Å². The van der Waals surface area contributed by atoms with E-state index < -0.39 is 5.82 Å². The summed E-state index contributed by atoms with van der Waals surface area (Å²) in [5, 5.41) is 3.36. The van der Waals surface area contributed by atoms with E-state index in [0.717, 1.165) is 0 Å². The molecule has 0 fully saturated rings. The summed E-state index contributed by atoms with van der Waals surface area (Å²) >= 11 is 6.18. The molecule has 0 aliphatic heterocycles. The highest BCUT2D eigenvalue weighted by Crippen LogP contribution is 2.37. The highest BCUT2D eigenvalue weighted by Gasteiger charge is 2.21. The maximum atomic E-state index is 15.2. The molecule has 1 heterocycles. The molecule has 27 heavy (non-hydrogen) atoms. The number of benzene rings is 2. The molecule has 0 saturated carbocycles. The molecule has 1 atom stereocenters. The first-order valence-electron chi connectivity index (χ1n) is 8.61. The van der Waals surface area contributed by atoms with Crippen LogP contribution >= 0.6 is 11.6 Å². The predicted octanol–water partition coefficient (Wildman–Crippen LogP) is 5.08. The van der Waals surface area contributed by atoms with Crippen molar-refractivity contribution in [2.75, 3.05) is 5.32 Å². The van der Waals surface area contributed by atoms with Gasteiger partial charge in [0.25, 0.3) is 0 Å². The molecule has 0 radical (unpaired) electrons. The van der Waals surface area contributed by atoms with Crippen molar-refractivity contribution in [1.82, 2.24) is 9.97 Å². The van der Waals surface area contributed by atoms with E-state index in [4.69, 9.17) is 22.1 Å². The van der Waals surface area contributed by atoms with Crippen LogP contribution in [0.2, 0.25) is 5.02 Å². The van der Waals surface area contributed by atoms with Gasteiger partial charge in [-0.05, 0) is 30.7 Å². The van der Waals surface area contributed by atoms with E-state index in [1.807, 2.05) is 25.1 Å². The Bertz CT molecular complexity index is 908. The summed E-state index contributed by atoms with van der Waals surface area (Å²) in [6.45, 7) is 2.24. The van der Waals surface area contributed by atoms with E-state index in [1.54, 1.807) is 36.5 Å². The molecule has 1 aromatic heterocycles. The number of aromatic nitrogens is 2. The molecule has 3 aromatic rings. The minimum atomic E-state index is -0.513. The maximum absolute atomic E-state index is 15.2. The average Bonchev–Trinajstić information content (AvgIpc) is 2.71. The number of halogens is 2. The van der Waals surface area contributed by atoms with Gasteiger partial charge in [-0.2, -0.15) is 0 Å². The summed E-state index contributed by atoms with van der Waals surface area (Å²) in [5.41, 5.74) is 6.74. The Hall–Kier alpha value is -2.70. The van der Waals surface area contributed by atoms with Crippen LogP contribution in [-0.2, 0) is 6.54 Å². The Morgan fingerprint density at radius 2 is 1.96 bits per heavy atom. The second-order valence-electron chi connectivity index (χ2n) is 5.88. The fourth-order valence-electron chi connectivity index (χ4n) is 2.65. The number of para-hydroxylation sites is 1. The van der Waals surface area contributed by atoms with Crippen LogP contribution in [0.5, 0.6) is 11.5 Å². The third-order valence-electron chi connectivity index (χ3n) is 4.05. The van der Waals surface area contributed by atoms with Crippen LogP contribution in [-0.4, -0.2) is 9.97 Å². The molecule has 0 saturated heterocycles. The van der Waals surface area contributed by atoms with Crippen LogP contribution in [0.3, 0.4) is 0 Å². The number of anilines is 1. The van der Waals surface area contributed by atoms with E-state index >= 15 is 4.39 Å². The Balaban J connectivity index is 1.90. The van der Waals surface area contributed by atoms with Crippen molar-refractivity contribution in [3.8, 4) is 11.5 Å². The SMILES string of the molecule is CC[C@@H](Nc1nccc(CN)n1)c1ccc(Cl)c(Oc2ccccc2)c1F. The molecule has 7 heteroatoms. The maximum Gasteiger partial charge on any atom is 0.223 e. The van der Waals surface area contributed by atoms with Crippen LogP contribution < -0.4 is 15.8 Å². The van der Waals surface area contributed by atoms with Crippen molar-refractivity contribution in [2.24, 2.45) is 5.73 Å². The van der Waals surface area contributed by atoms with E-state index in [1.165, 1.54) is 0 Å². The Labute approximate surface area is 162 Å². The monoisotopic (exact) mass is 386 g/mol. The first-order valence-corrected chi connectivity index (χ1v) is 8.99. The van der Waals surface area contributed by atoms with Crippen molar-refractivity contribution in [3.63, 3.8) is 0 Å². The van der Waals surface area contributed by atoms with Gasteiger partial charge >= 0.3 is 0 Å². The molecule has 0 unspecified atom stereocenters. The van der Waals surface area contributed by atoms with Crippen molar-refractivity contribution in [2.45, 2.75) is 25.9 Å². The van der Waals surface area contributed by atoms with Crippen molar-refractivity contribution in [1.29, 1.82) is 0 Å². The minimum absolute atomic E-state index is 0.00255. The lowest BCUT2D eigenvalue weighted by molar-refractivity contribution is 0.435. The lowest BCUT2D eigenvalue weighted by Crippen LogP contribution is -2.15. The lowest BCUT2D eigenvalue weighted by atomic mass is 10.0. The molecular formula is C20H20ClFN4O. The third kappa shape index (κ3) is 4.53. The number of nitrogens with zero attached hydrogens (tertiary/aromatic N) is 2. The predicted molar refractivity (Wildman–Crippen MR) is 105 cm³/mol. The number of hydrogen-bond acceptors (Lipinski definition) is 5. The summed E-state index contributed by atoms with van der Waals surface area (Å²) in [4.78, 5) is 8.50. The van der Waals surface area contributed by atoms with E-state index in [-0.39, 0.29) is 16.8 Å². The molecule has 0 amide bonds. The summed E-state index contributed by atoms with van der Waals surface area (Å²) in [6, 6.07) is 13.6. The van der Waals surface area contributed by atoms with Gasteiger partial charge < -0.3 is 15.8 Å². The van der Waals surface area contributed by atoms with Crippen molar-refractivity contribution in [3.05, 3.63) is 76.8 Å². The Morgan fingerprint density at radius 1 is 1.19 bits per heavy atom. The first-order chi connectivity index (χ1) is 13.1. The van der Waals surface area contributed by atoms with Gasteiger partial charge in [0.2, 0.25) is 5.95 Å². The molecule has 0 bridgehead atoms. The van der Waals surface area contributed by atoms with Gasteiger partial charge in [0.1, 0.15) is 5.75 Å². The molecule has 0 spiro atoms. The topological polar surface area (TPSA) is 73.1 Å². The smallest absolute Gasteiger partial charge is 0.223 e. The van der Waals surface area contributed by atoms with Crippen LogP contribution in [0.15, 0.2) is 54.7 Å². The molecule has 2 aromatic carbocycles. The average molecular weight is 387 g/mol. The molecule has 0 aliphatic carbocycles. The second kappa shape index (κ2) is 8.79. The summed E-state index contributed by atoms with van der Waals surface area (Å²) in [7, 11) is 0. The molecule has 140 valence electrons. The standard InChI is InChI=1S/C20H20ClFN4O/c1-2-17(26-20-24-11-10-13(12-23)25-20)15-8-9-16(21)19(18(15)22)27-14-6-4-3-5-7-14/h3-11,17H,2,12,23H2,1H3,(H,24,25,26)/t17-/m1/s1. The minimum Gasteiger partial charge on any atom is -0.453 e. The van der Waals surface area contributed by atoms with Crippen LogP contribution in [0.25, 0.3) is 0 Å². The van der Waals surface area contributed by atoms with Crippen LogP contribution in [0.4, 0.5) is 10.3 Å². The van der Waals surface area contributed by atoms with Gasteiger partial charge in [0.05, 0.1) is 16.8 Å². The number of nitrogens with two attached hydrogens (primary N) is 1. The molecular weight excluding hydrogens is 367 g/mol. The largest absolute Gasteiger partial charge is 0.453 e. The summed E-state index contributed by atoms with van der Waals surface area (Å²) in [6.07, 6.45) is 2.23. The molecule has 5 nitrogen and oxygen atoms in total. The number of hydrogen-bond donors (Lipinski definition) is 2. The zero-order valence-electron chi connectivity index (χ0n) is 14.8. The highest BCUT2D eigenvalue weighted by atomic mass is 35.5. The Morgan fingerprint density at radius 3 is 2.67 bits per heavy atom.